The van der Waals surface area contributed by atoms with Gasteiger partial charge < -0.3 is 10.1 Å². The first-order valence-corrected chi connectivity index (χ1v) is 6.45. The number of aryl methyl sites for hydroxylation is 1. The van der Waals surface area contributed by atoms with Crippen LogP contribution in [0.25, 0.3) is 0 Å². The van der Waals surface area contributed by atoms with Crippen LogP contribution in [0, 0.1) is 12.8 Å². The molecular formula is C13H20BrNO. The number of hydrogen-bond acceptors (Lipinski definition) is 2. The van der Waals surface area contributed by atoms with Gasteiger partial charge in [-0.3, -0.25) is 0 Å². The molecule has 2 nitrogen and oxygen atoms in total. The van der Waals surface area contributed by atoms with Gasteiger partial charge in [-0.25, -0.2) is 0 Å². The molecule has 90 valence electrons. The summed E-state index contributed by atoms with van der Waals surface area (Å²) in [6, 6.07) is 4.09. The first-order valence-electron chi connectivity index (χ1n) is 5.66. The number of rotatable bonds is 5. The third kappa shape index (κ3) is 3.41. The van der Waals surface area contributed by atoms with Crippen molar-refractivity contribution in [2.45, 2.75) is 27.2 Å². The third-order valence-corrected chi connectivity index (χ3v) is 3.27. The second-order valence-electron chi connectivity index (χ2n) is 4.19. The molecule has 1 atom stereocenters. The Morgan fingerprint density at radius 1 is 1.44 bits per heavy atom. The number of benzene rings is 1. The molecule has 0 aliphatic heterocycles. The molecule has 0 heterocycles. The Kier molecular flexibility index (Phi) is 5.13. The van der Waals surface area contributed by atoms with Crippen molar-refractivity contribution < 1.29 is 4.74 Å². The summed E-state index contributed by atoms with van der Waals surface area (Å²) in [6.45, 7) is 7.52. The van der Waals surface area contributed by atoms with Gasteiger partial charge in [-0.1, -0.05) is 36.2 Å². The lowest BCUT2D eigenvalue weighted by molar-refractivity contribution is 0.415. The summed E-state index contributed by atoms with van der Waals surface area (Å²) in [4.78, 5) is 0. The standard InChI is InChI=1S/C13H20BrNO/c1-5-9(2)8-15-13-10(3)6-11(14)7-12(13)16-4/h6-7,9,15H,5,8H2,1-4H3. The van der Waals surface area contributed by atoms with Crippen LogP contribution in [-0.2, 0) is 0 Å². The van der Waals surface area contributed by atoms with Crippen molar-refractivity contribution in [3.63, 3.8) is 0 Å². The normalized spacial score (nSPS) is 12.3. The van der Waals surface area contributed by atoms with Gasteiger partial charge in [-0.2, -0.15) is 0 Å². The second-order valence-corrected chi connectivity index (χ2v) is 5.11. The van der Waals surface area contributed by atoms with Crippen molar-refractivity contribution in [3.05, 3.63) is 22.2 Å². The van der Waals surface area contributed by atoms with E-state index in [1.165, 1.54) is 12.0 Å². The SMILES string of the molecule is CCC(C)CNc1c(C)cc(Br)cc1OC. The highest BCUT2D eigenvalue weighted by atomic mass is 79.9. The van der Waals surface area contributed by atoms with Crippen LogP contribution in [0.5, 0.6) is 5.75 Å². The first kappa shape index (κ1) is 13.4. The summed E-state index contributed by atoms with van der Waals surface area (Å²) in [7, 11) is 1.70. The van der Waals surface area contributed by atoms with Gasteiger partial charge in [0.2, 0.25) is 0 Å². The molecule has 1 unspecified atom stereocenters. The largest absolute Gasteiger partial charge is 0.495 e. The van der Waals surface area contributed by atoms with Crippen molar-refractivity contribution in [2.75, 3.05) is 19.0 Å². The highest BCUT2D eigenvalue weighted by Gasteiger charge is 2.08. The number of nitrogens with one attached hydrogen (secondary N) is 1. The molecule has 0 aromatic heterocycles. The smallest absolute Gasteiger partial charge is 0.143 e. The molecule has 3 heteroatoms. The van der Waals surface area contributed by atoms with Crippen molar-refractivity contribution >= 4 is 21.6 Å². The summed E-state index contributed by atoms with van der Waals surface area (Å²) in [6.07, 6.45) is 1.19. The second kappa shape index (κ2) is 6.14. The molecule has 0 aliphatic carbocycles. The fraction of sp³-hybridized carbons (Fsp3) is 0.538. The van der Waals surface area contributed by atoms with Crippen molar-refractivity contribution in [1.82, 2.24) is 0 Å². The van der Waals surface area contributed by atoms with Crippen LogP contribution in [-0.4, -0.2) is 13.7 Å². The van der Waals surface area contributed by atoms with Gasteiger partial charge in [0.15, 0.2) is 0 Å². The van der Waals surface area contributed by atoms with Gasteiger partial charge in [-0.15, -0.1) is 0 Å². The molecule has 0 saturated heterocycles. The van der Waals surface area contributed by atoms with Crippen molar-refractivity contribution in [3.8, 4) is 5.75 Å². The van der Waals surface area contributed by atoms with E-state index >= 15 is 0 Å². The van der Waals surface area contributed by atoms with Crippen LogP contribution in [0.1, 0.15) is 25.8 Å². The average molecular weight is 286 g/mol. The van der Waals surface area contributed by atoms with Crippen LogP contribution < -0.4 is 10.1 Å². The van der Waals surface area contributed by atoms with Gasteiger partial charge >= 0.3 is 0 Å². The van der Waals surface area contributed by atoms with Gasteiger partial charge in [0, 0.05) is 11.0 Å². The van der Waals surface area contributed by atoms with E-state index in [0.29, 0.717) is 5.92 Å². The minimum atomic E-state index is 0.674. The predicted octanol–water partition coefficient (Wildman–Crippen LogP) is 4.22. The Morgan fingerprint density at radius 3 is 2.69 bits per heavy atom. The maximum absolute atomic E-state index is 5.38. The van der Waals surface area contributed by atoms with Crippen LogP contribution in [0.3, 0.4) is 0 Å². The van der Waals surface area contributed by atoms with E-state index in [4.69, 9.17) is 4.74 Å². The lowest BCUT2D eigenvalue weighted by Gasteiger charge is -2.17. The third-order valence-electron chi connectivity index (χ3n) is 2.81. The predicted molar refractivity (Wildman–Crippen MR) is 73.4 cm³/mol. The number of anilines is 1. The zero-order valence-electron chi connectivity index (χ0n) is 10.4. The molecule has 16 heavy (non-hydrogen) atoms. The zero-order chi connectivity index (χ0) is 12.1. The highest BCUT2D eigenvalue weighted by Crippen LogP contribution is 2.32. The maximum Gasteiger partial charge on any atom is 0.143 e. The summed E-state index contributed by atoms with van der Waals surface area (Å²) in [5.74, 6) is 1.57. The fourth-order valence-corrected chi connectivity index (χ4v) is 2.07. The molecule has 0 bridgehead atoms. The van der Waals surface area contributed by atoms with Gasteiger partial charge in [0.25, 0.3) is 0 Å². The Bertz CT molecular complexity index is 352. The molecule has 0 amide bonds. The van der Waals surface area contributed by atoms with E-state index in [2.05, 4.69) is 48.1 Å². The van der Waals surface area contributed by atoms with Gasteiger partial charge in [0.05, 0.1) is 12.8 Å². The lowest BCUT2D eigenvalue weighted by atomic mass is 10.1. The zero-order valence-corrected chi connectivity index (χ0v) is 12.0. The fourth-order valence-electron chi connectivity index (χ4n) is 1.52. The van der Waals surface area contributed by atoms with Crippen LogP contribution in [0.15, 0.2) is 16.6 Å². The summed E-state index contributed by atoms with van der Waals surface area (Å²) >= 11 is 3.47. The van der Waals surface area contributed by atoms with E-state index in [1.54, 1.807) is 7.11 Å². The topological polar surface area (TPSA) is 21.3 Å². The van der Waals surface area contributed by atoms with Gasteiger partial charge in [0.1, 0.15) is 5.75 Å². The summed E-state index contributed by atoms with van der Waals surface area (Å²) < 4.78 is 6.43. The van der Waals surface area contributed by atoms with E-state index in [9.17, 15) is 0 Å². The number of ether oxygens (including phenoxy) is 1. The first-order chi connectivity index (χ1) is 7.58. The molecule has 0 aliphatic rings. The Balaban J connectivity index is 2.85. The summed E-state index contributed by atoms with van der Waals surface area (Å²) in [5, 5.41) is 3.46. The summed E-state index contributed by atoms with van der Waals surface area (Å²) in [5.41, 5.74) is 2.31. The minimum Gasteiger partial charge on any atom is -0.495 e. The molecular weight excluding hydrogens is 266 g/mol. The molecule has 1 rings (SSSR count). The molecule has 1 aromatic rings. The number of methoxy groups -OCH3 is 1. The minimum absolute atomic E-state index is 0.674. The van der Waals surface area contributed by atoms with Crippen LogP contribution >= 0.6 is 15.9 Å². The molecule has 0 spiro atoms. The van der Waals surface area contributed by atoms with Gasteiger partial charge in [-0.05, 0) is 30.5 Å². The van der Waals surface area contributed by atoms with E-state index in [1.807, 2.05) is 6.07 Å². The molecule has 0 saturated carbocycles. The van der Waals surface area contributed by atoms with E-state index in [0.717, 1.165) is 22.5 Å². The number of halogens is 1. The molecule has 0 radical (unpaired) electrons. The lowest BCUT2D eigenvalue weighted by Crippen LogP contribution is -2.11. The van der Waals surface area contributed by atoms with E-state index in [-0.39, 0.29) is 0 Å². The van der Waals surface area contributed by atoms with Crippen LogP contribution in [0.2, 0.25) is 0 Å². The molecule has 1 N–H and O–H groups in total. The monoisotopic (exact) mass is 285 g/mol. The van der Waals surface area contributed by atoms with Crippen LogP contribution in [0.4, 0.5) is 5.69 Å². The highest BCUT2D eigenvalue weighted by molar-refractivity contribution is 9.10. The van der Waals surface area contributed by atoms with Crippen molar-refractivity contribution in [2.24, 2.45) is 5.92 Å². The Hall–Kier alpha value is -0.700. The molecule has 0 fully saturated rings. The number of hydrogen-bond donors (Lipinski definition) is 1. The Labute approximate surface area is 107 Å². The maximum atomic E-state index is 5.38. The van der Waals surface area contributed by atoms with Crippen molar-refractivity contribution in [1.29, 1.82) is 0 Å². The Morgan fingerprint density at radius 2 is 2.12 bits per heavy atom. The molecule has 1 aromatic carbocycles. The quantitative estimate of drug-likeness (QED) is 0.874. The van der Waals surface area contributed by atoms with E-state index < -0.39 is 0 Å². The average Bonchev–Trinajstić information content (AvgIpc) is 2.26.